The Kier molecular flexibility index (Phi) is 10.4. The largest absolute Gasteiger partial charge is 0.490 e. The molecule has 15 heteroatoms. The summed E-state index contributed by atoms with van der Waals surface area (Å²) in [5, 5.41) is 15.0. The molecule has 208 valence electrons. The van der Waals surface area contributed by atoms with Crippen LogP contribution in [0, 0.1) is 0 Å². The van der Waals surface area contributed by atoms with Crippen LogP contribution in [0.25, 0.3) is 22.2 Å². The first-order valence-corrected chi connectivity index (χ1v) is 11.0. The Morgan fingerprint density at radius 1 is 0.897 bits per heavy atom. The lowest BCUT2D eigenvalue weighted by molar-refractivity contribution is -0.193. The van der Waals surface area contributed by atoms with Crippen molar-refractivity contribution in [1.29, 1.82) is 0 Å². The van der Waals surface area contributed by atoms with Crippen LogP contribution in [0.4, 0.5) is 26.3 Å². The first kappa shape index (κ1) is 31.1. The normalized spacial score (nSPS) is 12.0. The van der Waals surface area contributed by atoms with Gasteiger partial charge in [-0.1, -0.05) is 35.9 Å². The van der Waals surface area contributed by atoms with Gasteiger partial charge in [0.25, 0.3) is 0 Å². The number of carboxylic acid groups (broad SMARTS) is 2. The summed E-state index contributed by atoms with van der Waals surface area (Å²) >= 11 is 6.23. The number of nitrogens with two attached hydrogens (primary N) is 1. The molecule has 0 radical (unpaired) electrons. The molecule has 8 nitrogen and oxygen atoms in total. The number of rotatable bonds is 4. The summed E-state index contributed by atoms with van der Waals surface area (Å²) in [6.07, 6.45) is -5.95. The fourth-order valence-corrected chi connectivity index (χ4v) is 3.14. The predicted molar refractivity (Wildman–Crippen MR) is 129 cm³/mol. The van der Waals surface area contributed by atoms with Crippen LogP contribution < -0.4 is 5.73 Å². The van der Waals surface area contributed by atoms with E-state index in [4.69, 9.17) is 37.1 Å². The smallest absolute Gasteiger partial charge is 0.475 e. The summed E-state index contributed by atoms with van der Waals surface area (Å²) in [6, 6.07) is 17.6. The monoisotopic (exact) mass is 576 g/mol. The van der Waals surface area contributed by atoms with Crippen molar-refractivity contribution >= 4 is 34.6 Å². The van der Waals surface area contributed by atoms with Crippen LogP contribution in [-0.4, -0.2) is 49.5 Å². The van der Waals surface area contributed by atoms with Crippen LogP contribution in [0.1, 0.15) is 17.4 Å². The number of carboxylic acids is 2. The van der Waals surface area contributed by atoms with Crippen LogP contribution in [0.5, 0.6) is 0 Å². The van der Waals surface area contributed by atoms with Crippen LogP contribution in [0.15, 0.2) is 67.0 Å². The average molecular weight is 577 g/mol. The van der Waals surface area contributed by atoms with Crippen molar-refractivity contribution < 1.29 is 46.1 Å². The highest BCUT2D eigenvalue weighted by Gasteiger charge is 2.38. The van der Waals surface area contributed by atoms with E-state index in [0.29, 0.717) is 6.42 Å². The molecular weight excluding hydrogens is 558 g/mol. The van der Waals surface area contributed by atoms with Crippen LogP contribution in [0.3, 0.4) is 0 Å². The zero-order chi connectivity index (χ0) is 29.4. The molecule has 0 spiro atoms. The summed E-state index contributed by atoms with van der Waals surface area (Å²) in [6.45, 7) is 0. The fourth-order valence-electron chi connectivity index (χ4n) is 2.93. The predicted octanol–water partition coefficient (Wildman–Crippen LogP) is 5.79. The number of pyridine rings is 1. The van der Waals surface area contributed by atoms with Gasteiger partial charge in [-0.05, 0) is 53.4 Å². The summed E-state index contributed by atoms with van der Waals surface area (Å²) in [5.74, 6) is -4.75. The highest BCUT2D eigenvalue weighted by Crippen LogP contribution is 2.26. The molecule has 0 fully saturated rings. The van der Waals surface area contributed by atoms with E-state index in [1.54, 1.807) is 12.4 Å². The van der Waals surface area contributed by atoms with E-state index in [2.05, 4.69) is 27.1 Å². The highest BCUT2D eigenvalue weighted by molar-refractivity contribution is 6.31. The molecule has 5 N–H and O–H groups in total. The molecule has 0 aliphatic rings. The maximum Gasteiger partial charge on any atom is 0.490 e. The Balaban J connectivity index is 0.000000317. The molecule has 1 atom stereocenters. The number of alkyl halides is 6. The Hall–Kier alpha value is -4.17. The molecule has 0 bridgehead atoms. The topological polar surface area (TPSA) is 142 Å². The number of hydrogen-bond acceptors (Lipinski definition) is 5. The quantitative estimate of drug-likeness (QED) is 0.225. The molecule has 39 heavy (non-hydrogen) atoms. The number of aliphatic carboxylic acids is 2. The number of hydrogen-bond donors (Lipinski definition) is 4. The van der Waals surface area contributed by atoms with Gasteiger partial charge in [0.2, 0.25) is 0 Å². The number of fused-ring (bicyclic) bond motifs is 1. The minimum Gasteiger partial charge on any atom is -0.475 e. The second-order valence-electron chi connectivity index (χ2n) is 7.60. The Bertz CT molecular complexity index is 1390. The Labute approximate surface area is 221 Å². The third-order valence-corrected chi connectivity index (χ3v) is 5.12. The second-order valence-corrected chi connectivity index (χ2v) is 8.00. The highest BCUT2D eigenvalue weighted by atomic mass is 35.5. The van der Waals surface area contributed by atoms with Crippen molar-refractivity contribution in [2.45, 2.75) is 24.8 Å². The third-order valence-electron chi connectivity index (χ3n) is 4.75. The minimum atomic E-state index is -5.08. The van der Waals surface area contributed by atoms with Gasteiger partial charge < -0.3 is 20.9 Å². The van der Waals surface area contributed by atoms with Gasteiger partial charge in [-0.25, -0.2) is 14.6 Å². The van der Waals surface area contributed by atoms with Crippen molar-refractivity contribution in [3.05, 3.63) is 83.4 Å². The molecule has 0 saturated heterocycles. The lowest BCUT2D eigenvalue weighted by atomic mass is 10.1. The van der Waals surface area contributed by atoms with Gasteiger partial charge in [0, 0.05) is 17.4 Å². The fraction of sp³-hybridized carbons (Fsp3) is 0.167. The number of carbonyl (C=O) groups is 2. The van der Waals surface area contributed by atoms with Gasteiger partial charge in [0.1, 0.15) is 5.82 Å². The van der Waals surface area contributed by atoms with Gasteiger partial charge >= 0.3 is 24.3 Å². The van der Waals surface area contributed by atoms with Crippen LogP contribution in [-0.2, 0) is 16.0 Å². The average Bonchev–Trinajstić information content (AvgIpc) is 3.29. The van der Waals surface area contributed by atoms with Crippen LogP contribution >= 0.6 is 11.6 Å². The molecule has 0 saturated carbocycles. The SMILES string of the molecule is N[C@H](Cc1ccccc1Cl)c1nc2ccc(-c3ccncc3)cc2[nH]1.O=C(O)C(F)(F)F.O=C(O)C(F)(F)F. The van der Waals surface area contributed by atoms with Gasteiger partial charge in [-0.15, -0.1) is 0 Å². The van der Waals surface area contributed by atoms with Crippen molar-refractivity contribution in [1.82, 2.24) is 15.0 Å². The van der Waals surface area contributed by atoms with Crippen molar-refractivity contribution in [2.75, 3.05) is 0 Å². The molecule has 2 aromatic carbocycles. The standard InChI is InChI=1S/C20H17ClN4.2C2HF3O2/c21-16-4-2-1-3-15(16)11-17(22)20-24-18-6-5-14(12-19(18)25-20)13-7-9-23-10-8-13;2*3-2(4,5)1(6)7/h1-10,12,17H,11,22H2,(H,24,25);2*(H,6,7)/t17-;;/m1../s1. The van der Waals surface area contributed by atoms with E-state index in [1.165, 1.54) is 0 Å². The van der Waals surface area contributed by atoms with Crippen LogP contribution in [0.2, 0.25) is 5.02 Å². The molecule has 4 aromatic rings. The van der Waals surface area contributed by atoms with Crippen molar-refractivity contribution in [3.8, 4) is 11.1 Å². The molecule has 2 heterocycles. The lowest BCUT2D eigenvalue weighted by Gasteiger charge is -2.09. The second kappa shape index (κ2) is 13.1. The van der Waals surface area contributed by atoms with E-state index in [0.717, 1.165) is 38.6 Å². The van der Waals surface area contributed by atoms with Gasteiger partial charge in [0.15, 0.2) is 0 Å². The maximum absolute atomic E-state index is 10.6. The minimum absolute atomic E-state index is 0.239. The maximum atomic E-state index is 10.6. The summed E-state index contributed by atoms with van der Waals surface area (Å²) in [5.41, 5.74) is 11.5. The van der Waals surface area contributed by atoms with Gasteiger partial charge in [0.05, 0.1) is 17.1 Å². The lowest BCUT2D eigenvalue weighted by Crippen LogP contribution is -2.21. The molecule has 0 aliphatic heterocycles. The molecule has 0 unspecified atom stereocenters. The van der Waals surface area contributed by atoms with E-state index in [-0.39, 0.29) is 6.04 Å². The number of aromatic nitrogens is 3. The molecule has 2 aromatic heterocycles. The van der Waals surface area contributed by atoms with Crippen molar-refractivity contribution in [3.63, 3.8) is 0 Å². The van der Waals surface area contributed by atoms with E-state index in [9.17, 15) is 26.3 Å². The first-order chi connectivity index (χ1) is 18.1. The summed E-state index contributed by atoms with van der Waals surface area (Å²) < 4.78 is 63.5. The molecule has 4 rings (SSSR count). The third kappa shape index (κ3) is 9.57. The number of benzene rings is 2. The molecule has 0 aliphatic carbocycles. The molecule has 0 amide bonds. The zero-order valence-electron chi connectivity index (χ0n) is 19.5. The Morgan fingerprint density at radius 2 is 1.44 bits per heavy atom. The van der Waals surface area contributed by atoms with Gasteiger partial charge in [-0.3, -0.25) is 4.98 Å². The zero-order valence-corrected chi connectivity index (χ0v) is 20.2. The number of aromatic amines is 1. The number of H-pyrrole nitrogens is 1. The van der Waals surface area contributed by atoms with E-state index in [1.807, 2.05) is 42.5 Å². The molecular formula is C24H19ClF6N4O4. The summed E-state index contributed by atoms with van der Waals surface area (Å²) in [4.78, 5) is 29.8. The van der Waals surface area contributed by atoms with Crippen molar-refractivity contribution in [2.24, 2.45) is 5.73 Å². The number of halogens is 7. The number of nitrogens with zero attached hydrogens (tertiary/aromatic N) is 2. The number of imidazole rings is 1. The van der Waals surface area contributed by atoms with Gasteiger partial charge in [-0.2, -0.15) is 26.3 Å². The van der Waals surface area contributed by atoms with E-state index >= 15 is 0 Å². The summed E-state index contributed by atoms with van der Waals surface area (Å²) in [7, 11) is 0. The number of nitrogens with one attached hydrogen (secondary N) is 1. The Morgan fingerprint density at radius 3 is 1.95 bits per heavy atom. The first-order valence-electron chi connectivity index (χ1n) is 10.6. The van der Waals surface area contributed by atoms with E-state index < -0.39 is 24.3 Å².